The summed E-state index contributed by atoms with van der Waals surface area (Å²) in [4.78, 5) is 0. The van der Waals surface area contributed by atoms with E-state index in [9.17, 15) is 0 Å². The smallest absolute Gasteiger partial charge is 0.0643 e. The van der Waals surface area contributed by atoms with Crippen molar-refractivity contribution in [1.29, 1.82) is 0 Å². The molecule has 2 rings (SSSR count). The first-order chi connectivity index (χ1) is 7.34. The summed E-state index contributed by atoms with van der Waals surface area (Å²) in [6, 6.07) is 1.97. The van der Waals surface area contributed by atoms with Crippen LogP contribution < -0.4 is 10.6 Å². The Morgan fingerprint density at radius 2 is 2.20 bits per heavy atom. The Morgan fingerprint density at radius 1 is 1.33 bits per heavy atom. The van der Waals surface area contributed by atoms with E-state index >= 15 is 0 Å². The molecule has 0 radical (unpaired) electrons. The maximum atomic E-state index is 5.17. The van der Waals surface area contributed by atoms with E-state index in [2.05, 4.69) is 17.6 Å². The summed E-state index contributed by atoms with van der Waals surface area (Å²) in [5.74, 6) is 0. The van der Waals surface area contributed by atoms with Crippen LogP contribution in [0.25, 0.3) is 0 Å². The first-order valence-corrected chi connectivity index (χ1v) is 6.42. The van der Waals surface area contributed by atoms with Gasteiger partial charge in [0.25, 0.3) is 0 Å². The predicted octanol–water partition coefficient (Wildman–Crippen LogP) is 1.29. The van der Waals surface area contributed by atoms with Crippen LogP contribution in [0.3, 0.4) is 0 Å². The quantitative estimate of drug-likeness (QED) is 0.736. The molecule has 0 amide bonds. The van der Waals surface area contributed by atoms with Crippen molar-refractivity contribution in [2.45, 2.75) is 57.2 Å². The summed E-state index contributed by atoms with van der Waals surface area (Å²) in [5.41, 5.74) is 0. The summed E-state index contributed by atoms with van der Waals surface area (Å²) in [7, 11) is 0. The number of rotatable bonds is 4. The van der Waals surface area contributed by atoms with Gasteiger partial charge in [0, 0.05) is 12.1 Å². The van der Waals surface area contributed by atoms with Crippen molar-refractivity contribution in [3.63, 3.8) is 0 Å². The third-order valence-electron chi connectivity index (χ3n) is 3.46. The fourth-order valence-corrected chi connectivity index (χ4v) is 2.53. The zero-order chi connectivity index (χ0) is 10.5. The fourth-order valence-electron chi connectivity index (χ4n) is 2.53. The minimum absolute atomic E-state index is 0.616. The van der Waals surface area contributed by atoms with E-state index in [0.29, 0.717) is 12.1 Å². The highest BCUT2D eigenvalue weighted by atomic mass is 16.5. The van der Waals surface area contributed by atoms with Crippen LogP contribution in [-0.4, -0.2) is 37.9 Å². The van der Waals surface area contributed by atoms with Crippen molar-refractivity contribution in [1.82, 2.24) is 10.6 Å². The Labute approximate surface area is 93.0 Å². The lowest BCUT2D eigenvalue weighted by Crippen LogP contribution is -2.50. The molecule has 3 nitrogen and oxygen atoms in total. The van der Waals surface area contributed by atoms with Crippen LogP contribution in [0.1, 0.15) is 39.0 Å². The van der Waals surface area contributed by atoms with Crippen molar-refractivity contribution in [3.05, 3.63) is 0 Å². The summed E-state index contributed by atoms with van der Waals surface area (Å²) in [6.45, 7) is 5.32. The average molecular weight is 212 g/mol. The van der Waals surface area contributed by atoms with Crippen molar-refractivity contribution in [3.8, 4) is 0 Å². The third kappa shape index (κ3) is 3.74. The number of ether oxygens (including phenoxy) is 1. The van der Waals surface area contributed by atoms with E-state index in [1.807, 2.05) is 0 Å². The summed E-state index contributed by atoms with van der Waals surface area (Å²) < 4.78 is 5.17. The van der Waals surface area contributed by atoms with Gasteiger partial charge in [-0.1, -0.05) is 12.8 Å². The third-order valence-corrected chi connectivity index (χ3v) is 3.46. The van der Waals surface area contributed by atoms with Crippen LogP contribution in [0.4, 0.5) is 0 Å². The zero-order valence-electron chi connectivity index (χ0n) is 9.80. The molecule has 2 aliphatic heterocycles. The SMILES string of the molecule is CC(CC1CCCCCN1)NC1COC1. The van der Waals surface area contributed by atoms with Gasteiger partial charge >= 0.3 is 0 Å². The van der Waals surface area contributed by atoms with E-state index in [-0.39, 0.29) is 0 Å². The zero-order valence-corrected chi connectivity index (χ0v) is 9.80. The molecule has 0 spiro atoms. The highest BCUT2D eigenvalue weighted by molar-refractivity contribution is 4.81. The van der Waals surface area contributed by atoms with Crippen molar-refractivity contribution >= 4 is 0 Å². The molecular formula is C12H24N2O. The molecule has 88 valence electrons. The van der Waals surface area contributed by atoms with Crippen molar-refractivity contribution in [2.24, 2.45) is 0 Å². The molecule has 2 saturated heterocycles. The molecule has 3 heteroatoms. The Balaban J connectivity index is 1.64. The van der Waals surface area contributed by atoms with Gasteiger partial charge in [-0.25, -0.2) is 0 Å². The van der Waals surface area contributed by atoms with Crippen molar-refractivity contribution < 1.29 is 4.74 Å². The monoisotopic (exact) mass is 212 g/mol. The molecule has 0 saturated carbocycles. The van der Waals surface area contributed by atoms with Gasteiger partial charge in [-0.05, 0) is 32.7 Å². The molecule has 2 atom stereocenters. The first kappa shape index (κ1) is 11.4. The first-order valence-electron chi connectivity index (χ1n) is 6.42. The second-order valence-corrected chi connectivity index (χ2v) is 5.04. The number of hydrogen-bond acceptors (Lipinski definition) is 3. The summed E-state index contributed by atoms with van der Waals surface area (Å²) >= 11 is 0. The lowest BCUT2D eigenvalue weighted by atomic mass is 10.0. The maximum absolute atomic E-state index is 5.17. The highest BCUT2D eigenvalue weighted by Crippen LogP contribution is 2.13. The highest BCUT2D eigenvalue weighted by Gasteiger charge is 2.21. The standard InChI is InChI=1S/C12H24N2O/c1-10(14-12-8-15-9-12)7-11-5-3-2-4-6-13-11/h10-14H,2-9H2,1H3. The Hall–Kier alpha value is -0.120. The molecule has 2 aliphatic rings. The van der Waals surface area contributed by atoms with Gasteiger partial charge in [-0.3, -0.25) is 0 Å². The molecule has 2 fully saturated rings. The van der Waals surface area contributed by atoms with Crippen LogP contribution >= 0.6 is 0 Å². The van der Waals surface area contributed by atoms with Crippen LogP contribution in [0.15, 0.2) is 0 Å². The van der Waals surface area contributed by atoms with Gasteiger partial charge in [0.05, 0.1) is 19.3 Å². The Kier molecular flexibility index (Phi) is 4.42. The molecular weight excluding hydrogens is 188 g/mol. The molecule has 0 aromatic heterocycles. The van der Waals surface area contributed by atoms with Gasteiger partial charge in [-0.2, -0.15) is 0 Å². The Morgan fingerprint density at radius 3 is 2.93 bits per heavy atom. The summed E-state index contributed by atoms with van der Waals surface area (Å²) in [6.07, 6.45) is 6.77. The predicted molar refractivity (Wildman–Crippen MR) is 62.1 cm³/mol. The van der Waals surface area contributed by atoms with Crippen LogP contribution in [0.5, 0.6) is 0 Å². The topological polar surface area (TPSA) is 33.3 Å². The van der Waals surface area contributed by atoms with Gasteiger partial charge in [0.2, 0.25) is 0 Å². The maximum Gasteiger partial charge on any atom is 0.0643 e. The fraction of sp³-hybridized carbons (Fsp3) is 1.00. The van der Waals surface area contributed by atoms with E-state index in [0.717, 1.165) is 19.3 Å². The molecule has 15 heavy (non-hydrogen) atoms. The summed E-state index contributed by atoms with van der Waals surface area (Å²) in [5, 5.41) is 7.27. The minimum Gasteiger partial charge on any atom is -0.378 e. The normalized spacial score (nSPS) is 30.6. The van der Waals surface area contributed by atoms with E-state index in [1.54, 1.807) is 0 Å². The van der Waals surface area contributed by atoms with Gasteiger partial charge in [0.1, 0.15) is 0 Å². The largest absolute Gasteiger partial charge is 0.378 e. The number of nitrogens with one attached hydrogen (secondary N) is 2. The lowest BCUT2D eigenvalue weighted by Gasteiger charge is -2.31. The van der Waals surface area contributed by atoms with E-state index in [4.69, 9.17) is 4.74 Å². The average Bonchev–Trinajstić information content (AvgIpc) is 2.40. The molecule has 2 unspecified atom stereocenters. The number of hydrogen-bond donors (Lipinski definition) is 2. The molecule has 0 bridgehead atoms. The van der Waals surface area contributed by atoms with Gasteiger partial charge in [0.15, 0.2) is 0 Å². The molecule has 0 aromatic rings. The second kappa shape index (κ2) is 5.83. The van der Waals surface area contributed by atoms with E-state index < -0.39 is 0 Å². The van der Waals surface area contributed by atoms with E-state index in [1.165, 1.54) is 38.6 Å². The van der Waals surface area contributed by atoms with Crippen molar-refractivity contribution in [2.75, 3.05) is 19.8 Å². The van der Waals surface area contributed by atoms with Crippen LogP contribution in [-0.2, 0) is 4.74 Å². The lowest BCUT2D eigenvalue weighted by molar-refractivity contribution is -0.00993. The van der Waals surface area contributed by atoms with Gasteiger partial charge in [-0.15, -0.1) is 0 Å². The second-order valence-electron chi connectivity index (χ2n) is 5.04. The molecule has 2 heterocycles. The van der Waals surface area contributed by atoms with Crippen LogP contribution in [0.2, 0.25) is 0 Å². The minimum atomic E-state index is 0.616. The van der Waals surface area contributed by atoms with Gasteiger partial charge < -0.3 is 15.4 Å². The molecule has 0 aromatic carbocycles. The molecule has 2 N–H and O–H groups in total. The molecule has 0 aliphatic carbocycles. The van der Waals surface area contributed by atoms with Crippen LogP contribution in [0, 0.1) is 0 Å². The Bertz CT molecular complexity index is 174.